The number of nitrogens with one attached hydrogen (secondary N) is 1. The van der Waals surface area contributed by atoms with E-state index in [1.165, 1.54) is 0 Å². The van der Waals surface area contributed by atoms with Crippen LogP contribution in [-0.2, 0) is 10.2 Å². The Morgan fingerprint density at radius 1 is 1.13 bits per heavy atom. The van der Waals surface area contributed by atoms with Crippen molar-refractivity contribution in [3.63, 3.8) is 0 Å². The fraction of sp³-hybridized carbons (Fsp3) is 0.316. The molecule has 122 valence electrons. The second kappa shape index (κ2) is 6.73. The number of anilines is 1. The van der Waals surface area contributed by atoms with Gasteiger partial charge in [-0.05, 0) is 50.1 Å². The highest BCUT2D eigenvalue weighted by atomic mass is 16.5. The van der Waals surface area contributed by atoms with Gasteiger partial charge in [0.15, 0.2) is 0 Å². The van der Waals surface area contributed by atoms with Gasteiger partial charge in [-0.25, -0.2) is 0 Å². The minimum absolute atomic E-state index is 0.0478. The number of ether oxygens (including phenoxy) is 1. The summed E-state index contributed by atoms with van der Waals surface area (Å²) in [6.45, 7) is 5.48. The molecule has 23 heavy (non-hydrogen) atoms. The smallest absolute Gasteiger partial charge is 0.313 e. The van der Waals surface area contributed by atoms with E-state index in [9.17, 15) is 9.90 Å². The fourth-order valence-corrected chi connectivity index (χ4v) is 2.48. The van der Waals surface area contributed by atoms with Crippen molar-refractivity contribution in [1.29, 1.82) is 0 Å². The Kier molecular flexibility index (Phi) is 4.94. The normalized spacial score (nSPS) is 12.5. The van der Waals surface area contributed by atoms with E-state index in [1.54, 1.807) is 21.0 Å². The van der Waals surface area contributed by atoms with Gasteiger partial charge in [0.2, 0.25) is 0 Å². The maximum absolute atomic E-state index is 11.6. The predicted molar refractivity (Wildman–Crippen MR) is 92.1 cm³/mol. The van der Waals surface area contributed by atoms with Crippen molar-refractivity contribution in [1.82, 2.24) is 0 Å². The third-order valence-electron chi connectivity index (χ3n) is 4.12. The van der Waals surface area contributed by atoms with E-state index in [0.717, 1.165) is 22.6 Å². The highest BCUT2D eigenvalue weighted by molar-refractivity contribution is 5.83. The number of aliphatic carboxylic acids is 1. The molecular weight excluding hydrogens is 290 g/mol. The topological polar surface area (TPSA) is 58.6 Å². The van der Waals surface area contributed by atoms with Crippen LogP contribution < -0.4 is 10.1 Å². The lowest BCUT2D eigenvalue weighted by Crippen LogP contribution is -2.29. The van der Waals surface area contributed by atoms with Crippen molar-refractivity contribution in [2.45, 2.75) is 32.2 Å². The van der Waals surface area contributed by atoms with Gasteiger partial charge in [-0.2, -0.15) is 0 Å². The van der Waals surface area contributed by atoms with E-state index in [0.29, 0.717) is 0 Å². The molecule has 1 unspecified atom stereocenters. The first-order valence-corrected chi connectivity index (χ1v) is 7.59. The summed E-state index contributed by atoms with van der Waals surface area (Å²) in [5.41, 5.74) is 1.76. The van der Waals surface area contributed by atoms with Crippen LogP contribution in [0.4, 0.5) is 5.69 Å². The molecule has 0 saturated carbocycles. The monoisotopic (exact) mass is 313 g/mol. The average molecular weight is 313 g/mol. The van der Waals surface area contributed by atoms with Crippen molar-refractivity contribution in [2.75, 3.05) is 12.4 Å². The third-order valence-corrected chi connectivity index (χ3v) is 4.12. The summed E-state index contributed by atoms with van der Waals surface area (Å²) in [6, 6.07) is 15.4. The molecule has 1 atom stereocenters. The molecule has 2 aromatic rings. The number of para-hydroxylation sites is 1. The molecule has 4 heteroatoms. The second-order valence-corrected chi connectivity index (χ2v) is 6.11. The molecule has 0 aromatic heterocycles. The van der Waals surface area contributed by atoms with Crippen LogP contribution in [0.5, 0.6) is 5.75 Å². The zero-order chi connectivity index (χ0) is 17.0. The van der Waals surface area contributed by atoms with Crippen molar-refractivity contribution in [2.24, 2.45) is 0 Å². The summed E-state index contributed by atoms with van der Waals surface area (Å²) in [7, 11) is 1.64. The van der Waals surface area contributed by atoms with Gasteiger partial charge < -0.3 is 15.2 Å². The Hall–Kier alpha value is -2.49. The fourth-order valence-electron chi connectivity index (χ4n) is 2.48. The van der Waals surface area contributed by atoms with Crippen LogP contribution in [0, 0.1) is 0 Å². The van der Waals surface area contributed by atoms with E-state index >= 15 is 0 Å². The first-order valence-electron chi connectivity index (χ1n) is 7.59. The Morgan fingerprint density at radius 3 is 2.30 bits per heavy atom. The van der Waals surface area contributed by atoms with E-state index in [2.05, 4.69) is 5.32 Å². The van der Waals surface area contributed by atoms with Crippen molar-refractivity contribution in [3.05, 3.63) is 59.7 Å². The number of rotatable bonds is 6. The van der Waals surface area contributed by atoms with E-state index in [1.807, 2.05) is 55.5 Å². The van der Waals surface area contributed by atoms with Gasteiger partial charge in [0.1, 0.15) is 5.75 Å². The minimum atomic E-state index is -0.955. The molecule has 0 saturated heterocycles. The standard InChI is InChI=1S/C19H23NO3/c1-13(14-9-11-15(23-4)12-10-14)20-17-8-6-5-7-16(17)19(2,3)18(21)22/h5-13,20H,1-4H3,(H,21,22). The molecule has 4 nitrogen and oxygen atoms in total. The van der Waals surface area contributed by atoms with E-state index < -0.39 is 11.4 Å². The lowest BCUT2D eigenvalue weighted by molar-refractivity contribution is -0.142. The molecule has 0 spiro atoms. The van der Waals surface area contributed by atoms with Gasteiger partial charge in [0.05, 0.1) is 12.5 Å². The number of methoxy groups -OCH3 is 1. The molecule has 0 amide bonds. The molecule has 0 aliphatic rings. The van der Waals surface area contributed by atoms with Crippen LogP contribution in [0.3, 0.4) is 0 Å². The van der Waals surface area contributed by atoms with Crippen molar-refractivity contribution >= 4 is 11.7 Å². The molecule has 2 aromatic carbocycles. The zero-order valence-electron chi connectivity index (χ0n) is 14.0. The first kappa shape index (κ1) is 16.9. The summed E-state index contributed by atoms with van der Waals surface area (Å²) in [4.78, 5) is 11.6. The Morgan fingerprint density at radius 2 is 1.74 bits per heavy atom. The van der Waals surface area contributed by atoms with E-state index in [-0.39, 0.29) is 6.04 Å². The van der Waals surface area contributed by atoms with Crippen LogP contribution >= 0.6 is 0 Å². The van der Waals surface area contributed by atoms with Crippen LogP contribution in [0.2, 0.25) is 0 Å². The number of hydrogen-bond donors (Lipinski definition) is 2. The third kappa shape index (κ3) is 3.65. The quantitative estimate of drug-likeness (QED) is 0.838. The van der Waals surface area contributed by atoms with Crippen LogP contribution in [0.1, 0.15) is 37.9 Å². The van der Waals surface area contributed by atoms with Crippen LogP contribution in [0.15, 0.2) is 48.5 Å². The molecule has 0 fully saturated rings. The molecule has 2 N–H and O–H groups in total. The molecule has 0 bridgehead atoms. The van der Waals surface area contributed by atoms with E-state index in [4.69, 9.17) is 4.74 Å². The zero-order valence-corrected chi connectivity index (χ0v) is 14.0. The SMILES string of the molecule is COc1ccc(C(C)Nc2ccccc2C(C)(C)C(=O)O)cc1. The van der Waals surface area contributed by atoms with Gasteiger partial charge in [-0.15, -0.1) is 0 Å². The van der Waals surface area contributed by atoms with Gasteiger partial charge in [-0.3, -0.25) is 4.79 Å². The Labute approximate surface area is 137 Å². The Balaban J connectivity index is 2.27. The largest absolute Gasteiger partial charge is 0.497 e. The molecule has 2 rings (SSSR count). The maximum Gasteiger partial charge on any atom is 0.313 e. The minimum Gasteiger partial charge on any atom is -0.497 e. The van der Waals surface area contributed by atoms with Crippen LogP contribution in [0.25, 0.3) is 0 Å². The summed E-state index contributed by atoms with van der Waals surface area (Å²) < 4.78 is 5.17. The van der Waals surface area contributed by atoms with Crippen molar-refractivity contribution in [3.8, 4) is 5.75 Å². The molecule has 0 aliphatic heterocycles. The highest BCUT2D eigenvalue weighted by Crippen LogP contribution is 2.32. The van der Waals surface area contributed by atoms with Gasteiger partial charge in [0, 0.05) is 11.7 Å². The lowest BCUT2D eigenvalue weighted by atomic mass is 9.83. The lowest BCUT2D eigenvalue weighted by Gasteiger charge is -2.26. The summed E-state index contributed by atoms with van der Waals surface area (Å²) >= 11 is 0. The number of carboxylic acids is 1. The first-order chi connectivity index (χ1) is 10.9. The second-order valence-electron chi connectivity index (χ2n) is 6.11. The maximum atomic E-state index is 11.6. The predicted octanol–water partition coefficient (Wildman–Crippen LogP) is 4.23. The average Bonchev–Trinajstić information content (AvgIpc) is 2.55. The molecule has 0 aliphatic carbocycles. The summed E-state index contributed by atoms with van der Waals surface area (Å²) in [6.07, 6.45) is 0. The van der Waals surface area contributed by atoms with Gasteiger partial charge >= 0.3 is 5.97 Å². The number of carboxylic acid groups (broad SMARTS) is 1. The summed E-state index contributed by atoms with van der Waals surface area (Å²) in [5.74, 6) is -0.0304. The highest BCUT2D eigenvalue weighted by Gasteiger charge is 2.31. The van der Waals surface area contributed by atoms with Gasteiger partial charge in [0.25, 0.3) is 0 Å². The van der Waals surface area contributed by atoms with Crippen molar-refractivity contribution < 1.29 is 14.6 Å². The molecule has 0 heterocycles. The van der Waals surface area contributed by atoms with Crippen LogP contribution in [-0.4, -0.2) is 18.2 Å². The number of benzene rings is 2. The van der Waals surface area contributed by atoms with Gasteiger partial charge in [-0.1, -0.05) is 30.3 Å². The Bertz CT molecular complexity index is 677. The molecule has 0 radical (unpaired) electrons. The molecular formula is C19H23NO3. The number of carbonyl (C=O) groups is 1. The summed E-state index contributed by atoms with van der Waals surface area (Å²) in [5, 5.41) is 12.9. The number of hydrogen-bond acceptors (Lipinski definition) is 3.